The van der Waals surface area contributed by atoms with E-state index < -0.39 is 0 Å². The molecule has 0 bridgehead atoms. The average Bonchev–Trinajstić information content (AvgIpc) is 4.27. The van der Waals surface area contributed by atoms with Crippen molar-refractivity contribution < 1.29 is 8.83 Å². The van der Waals surface area contributed by atoms with Crippen LogP contribution in [0.1, 0.15) is 52.7 Å². The molecule has 8 nitrogen and oxygen atoms in total. The molecule has 0 amide bonds. The molecule has 8 aromatic heterocycles. The first-order valence-electron chi connectivity index (χ1n) is 25.0. The van der Waals surface area contributed by atoms with Crippen molar-refractivity contribution in [1.29, 1.82) is 0 Å². The highest BCUT2D eigenvalue weighted by molar-refractivity contribution is 6.37. The number of furan rings is 2. The highest BCUT2D eigenvalue weighted by Gasteiger charge is 2.33. The highest BCUT2D eigenvalue weighted by atomic mass is 16.3. The number of para-hydroxylation sites is 4. The Morgan fingerprint density at radius 1 is 0.361 bits per heavy atom. The Balaban J connectivity index is 1.06. The van der Waals surface area contributed by atoms with Gasteiger partial charge in [-0.2, -0.15) is 0 Å². The summed E-state index contributed by atoms with van der Waals surface area (Å²) in [5, 5.41) is 9.27. The second-order valence-electron chi connectivity index (χ2n) is 22.2. The molecule has 72 heavy (non-hydrogen) atoms. The lowest BCUT2D eigenvalue weighted by Crippen LogP contribution is -2.10. The number of fused-ring (bicyclic) bond motifs is 24. The number of rotatable bonds is 2. The molecular formula is C64H44N6O2. The lowest BCUT2D eigenvalue weighted by molar-refractivity contribution is 0.591. The van der Waals surface area contributed by atoms with Crippen LogP contribution in [0.3, 0.4) is 0 Å². The summed E-state index contributed by atoms with van der Waals surface area (Å²) >= 11 is 0. The number of aromatic nitrogens is 6. The zero-order chi connectivity index (χ0) is 47.8. The van der Waals surface area contributed by atoms with Crippen LogP contribution in [-0.4, -0.2) is 27.6 Å². The van der Waals surface area contributed by atoms with Crippen molar-refractivity contribution in [3.05, 3.63) is 169 Å². The fraction of sp³-hybridized carbons (Fsp3) is 0.125. The predicted octanol–water partition coefficient (Wildman–Crippen LogP) is 17.0. The molecule has 342 valence electrons. The van der Waals surface area contributed by atoms with Crippen LogP contribution in [0.15, 0.2) is 167 Å². The molecule has 0 saturated carbocycles. The number of benzene rings is 9. The zero-order valence-corrected chi connectivity index (χ0v) is 40.5. The minimum absolute atomic E-state index is 0.0794. The van der Waals surface area contributed by atoms with E-state index in [1.807, 2.05) is 12.1 Å². The first-order chi connectivity index (χ1) is 35.0. The normalized spacial score (nSPS) is 13.4. The molecule has 0 unspecified atom stereocenters. The summed E-state index contributed by atoms with van der Waals surface area (Å²) in [4.78, 5) is 11.2. The molecule has 0 saturated heterocycles. The van der Waals surface area contributed by atoms with Gasteiger partial charge in [-0.1, -0.05) is 139 Å². The van der Waals surface area contributed by atoms with Crippen LogP contribution in [0.5, 0.6) is 0 Å². The van der Waals surface area contributed by atoms with Gasteiger partial charge >= 0.3 is 0 Å². The second kappa shape index (κ2) is 12.7. The van der Waals surface area contributed by atoms with Crippen LogP contribution >= 0.6 is 0 Å². The summed E-state index contributed by atoms with van der Waals surface area (Å²) in [6.45, 7) is 13.8. The van der Waals surface area contributed by atoms with E-state index in [2.05, 4.69) is 205 Å². The van der Waals surface area contributed by atoms with Crippen molar-refractivity contribution in [2.45, 2.75) is 52.4 Å². The average molecular weight is 929 g/mol. The van der Waals surface area contributed by atoms with Crippen molar-refractivity contribution in [1.82, 2.24) is 27.6 Å². The number of hydrogen-bond acceptors (Lipinski definition) is 4. The molecule has 17 aromatic rings. The fourth-order valence-corrected chi connectivity index (χ4v) is 12.7. The molecule has 0 N–H and O–H groups in total. The van der Waals surface area contributed by atoms with Gasteiger partial charge in [0.05, 0.1) is 55.2 Å². The Bertz CT molecular complexity index is 4920. The zero-order valence-electron chi connectivity index (χ0n) is 40.5. The van der Waals surface area contributed by atoms with E-state index in [4.69, 9.17) is 18.8 Å². The summed E-state index contributed by atoms with van der Waals surface area (Å²) in [7, 11) is 0. The van der Waals surface area contributed by atoms with Crippen LogP contribution < -0.4 is 0 Å². The van der Waals surface area contributed by atoms with Crippen molar-refractivity contribution in [2.24, 2.45) is 0 Å². The maximum atomic E-state index is 6.63. The Labute approximate surface area is 410 Å². The topological polar surface area (TPSA) is 69.7 Å². The van der Waals surface area contributed by atoms with Crippen molar-refractivity contribution in [3.8, 4) is 22.3 Å². The molecule has 0 aliphatic carbocycles. The van der Waals surface area contributed by atoms with Gasteiger partial charge in [0.15, 0.2) is 0 Å². The van der Waals surface area contributed by atoms with Gasteiger partial charge in [0.1, 0.15) is 22.3 Å². The molecule has 8 heterocycles. The van der Waals surface area contributed by atoms with Crippen LogP contribution in [0.25, 0.3) is 154 Å². The Hall–Kier alpha value is -8.88. The molecule has 8 heteroatoms. The lowest BCUT2D eigenvalue weighted by atomic mass is 9.86. The summed E-state index contributed by atoms with van der Waals surface area (Å²) in [5.74, 6) is 1.79. The highest BCUT2D eigenvalue weighted by Crippen LogP contribution is 2.51. The van der Waals surface area contributed by atoms with Crippen LogP contribution in [0, 0.1) is 0 Å². The van der Waals surface area contributed by atoms with E-state index in [0.717, 1.165) is 133 Å². The third-order valence-electron chi connectivity index (χ3n) is 16.1. The molecule has 0 fully saturated rings. The largest absolute Gasteiger partial charge is 0.455 e. The van der Waals surface area contributed by atoms with Crippen molar-refractivity contribution >= 4 is 132 Å². The standard InChI is InChI=1S/C64H44N6O2/c1-63(2,3)35-23-27-47-43(31-35)53-55-58(70-50-30-34(22-26-46(50)65-61(70)67(47)55)38-16-12-18-42-40-14-8-10-20-52(40)72-60(38)42)54-44-32-36(64(4,5)6)24-28-48(44)68-56(54)57(53)69-49-29-33(21-25-45(49)66-62(68)69)37-15-11-17-41-39-13-7-9-19-51(39)71-59(37)41/h7-32H,1-6H3. The second-order valence-corrected chi connectivity index (χ2v) is 22.2. The molecule has 0 spiro atoms. The Morgan fingerprint density at radius 3 is 1.19 bits per heavy atom. The summed E-state index contributed by atoms with van der Waals surface area (Å²) in [6, 6.07) is 57.2. The van der Waals surface area contributed by atoms with E-state index in [-0.39, 0.29) is 10.8 Å². The predicted molar refractivity (Wildman–Crippen MR) is 296 cm³/mol. The van der Waals surface area contributed by atoms with Gasteiger partial charge in [-0.25, -0.2) is 9.97 Å². The van der Waals surface area contributed by atoms with Crippen LogP contribution in [0.4, 0.5) is 0 Å². The number of nitrogens with zero attached hydrogens (tertiary/aromatic N) is 6. The molecule has 17 rings (SSSR count). The first-order valence-corrected chi connectivity index (χ1v) is 25.0. The first kappa shape index (κ1) is 38.9. The molecule has 9 aromatic carbocycles. The van der Waals surface area contributed by atoms with Gasteiger partial charge in [-0.15, -0.1) is 0 Å². The SMILES string of the molecule is CC(C)(C)c1ccc2c(c1)c1c3c4c(c5cc(C(C)(C)C)ccc5n4c4nc5ccc(-c6cccc7c6oc6ccccc67)cc5n34)c3c1n2c1nc2ccc(-c4cccc5c4oc4ccccc45)cc2n31. The number of hydrogen-bond donors (Lipinski definition) is 0. The summed E-state index contributed by atoms with van der Waals surface area (Å²) in [6.07, 6.45) is 0. The third-order valence-corrected chi connectivity index (χ3v) is 16.1. The molecule has 0 aliphatic rings. The minimum Gasteiger partial charge on any atom is -0.455 e. The third kappa shape index (κ3) is 4.69. The van der Waals surface area contributed by atoms with Crippen molar-refractivity contribution in [3.63, 3.8) is 0 Å². The maximum absolute atomic E-state index is 6.63. The molecular weight excluding hydrogens is 885 g/mol. The van der Waals surface area contributed by atoms with Gasteiger partial charge in [0, 0.05) is 54.2 Å². The van der Waals surface area contributed by atoms with Gasteiger partial charge in [-0.3, -0.25) is 17.6 Å². The van der Waals surface area contributed by atoms with E-state index >= 15 is 0 Å². The van der Waals surface area contributed by atoms with E-state index in [9.17, 15) is 0 Å². The lowest BCUT2D eigenvalue weighted by Gasteiger charge is -2.19. The van der Waals surface area contributed by atoms with Gasteiger partial charge in [-0.05, 0) is 93.7 Å². The van der Waals surface area contributed by atoms with E-state index in [1.165, 1.54) is 32.7 Å². The molecule has 0 aliphatic heterocycles. The van der Waals surface area contributed by atoms with Crippen LogP contribution in [-0.2, 0) is 10.8 Å². The van der Waals surface area contributed by atoms with Crippen molar-refractivity contribution in [2.75, 3.05) is 0 Å². The minimum atomic E-state index is -0.0794. The van der Waals surface area contributed by atoms with E-state index in [1.54, 1.807) is 0 Å². The Kier molecular flexibility index (Phi) is 6.87. The quantitative estimate of drug-likeness (QED) is 0.173. The fourth-order valence-electron chi connectivity index (χ4n) is 12.7. The smallest absolute Gasteiger partial charge is 0.220 e. The summed E-state index contributed by atoms with van der Waals surface area (Å²) < 4.78 is 23.1. The van der Waals surface area contributed by atoms with Gasteiger partial charge in [0.25, 0.3) is 0 Å². The van der Waals surface area contributed by atoms with Crippen LogP contribution in [0.2, 0.25) is 0 Å². The van der Waals surface area contributed by atoms with Gasteiger partial charge in [0.2, 0.25) is 11.6 Å². The number of imidazole rings is 4. The van der Waals surface area contributed by atoms with Gasteiger partial charge < -0.3 is 8.83 Å². The molecule has 0 radical (unpaired) electrons. The van der Waals surface area contributed by atoms with E-state index in [0.29, 0.717) is 0 Å². The molecule has 0 atom stereocenters. The maximum Gasteiger partial charge on any atom is 0.220 e. The Morgan fingerprint density at radius 2 is 0.764 bits per heavy atom. The monoisotopic (exact) mass is 928 g/mol. The summed E-state index contributed by atoms with van der Waals surface area (Å²) in [5.41, 5.74) is 21.1.